The molecule has 0 aromatic heterocycles. The number of nitrogens with one attached hydrogen (secondary N) is 1. The Hall–Kier alpha value is -3.45. The number of carbonyl (C=O) groups is 1. The number of nitrogens with zero attached hydrogens (tertiary/aromatic N) is 2. The first kappa shape index (κ1) is 27.1. The summed E-state index contributed by atoms with van der Waals surface area (Å²) in [6.07, 6.45) is 0.600. The average molecular weight is 572 g/mol. The summed E-state index contributed by atoms with van der Waals surface area (Å²) < 4.78 is 67.0. The highest BCUT2D eigenvalue weighted by Gasteiger charge is 2.36. The molecule has 2 aliphatic rings. The zero-order chi connectivity index (χ0) is 27.8. The third-order valence-electron chi connectivity index (χ3n) is 6.81. The number of anilines is 2. The van der Waals surface area contributed by atoms with Crippen LogP contribution in [0, 0.1) is 0 Å². The molecule has 3 aromatic rings. The van der Waals surface area contributed by atoms with Gasteiger partial charge in [-0.2, -0.15) is 4.31 Å². The molecule has 0 bridgehead atoms. The van der Waals surface area contributed by atoms with E-state index in [2.05, 4.69) is 5.32 Å². The van der Waals surface area contributed by atoms with E-state index in [1.807, 2.05) is 19.1 Å². The van der Waals surface area contributed by atoms with E-state index in [4.69, 9.17) is 9.47 Å². The van der Waals surface area contributed by atoms with Gasteiger partial charge in [-0.1, -0.05) is 24.3 Å². The monoisotopic (exact) mass is 571 g/mol. The van der Waals surface area contributed by atoms with Crippen LogP contribution in [0.25, 0.3) is 0 Å². The molecular formula is C27H29N3O7S2. The number of carbonyl (C=O) groups excluding carboxylic acids is 1. The number of benzene rings is 3. The SMILES string of the molecule is COc1ccc(NC(=O)c2cccc(S(=O)(=O)N3c4ccccc4C[C@@H]3C)c2)cc1S(=O)(=O)N1CCOCC1. The van der Waals surface area contributed by atoms with E-state index < -0.39 is 26.0 Å². The van der Waals surface area contributed by atoms with Crippen LogP contribution in [0.5, 0.6) is 5.75 Å². The minimum atomic E-state index is -3.94. The van der Waals surface area contributed by atoms with Gasteiger partial charge < -0.3 is 14.8 Å². The second-order valence-corrected chi connectivity index (χ2v) is 13.1. The van der Waals surface area contributed by atoms with Crippen LogP contribution < -0.4 is 14.4 Å². The van der Waals surface area contributed by atoms with E-state index in [0.29, 0.717) is 25.3 Å². The van der Waals surface area contributed by atoms with Gasteiger partial charge in [-0.3, -0.25) is 9.10 Å². The number of hydrogen-bond donors (Lipinski definition) is 1. The van der Waals surface area contributed by atoms with Crippen LogP contribution in [0.1, 0.15) is 22.8 Å². The molecule has 0 unspecified atom stereocenters. The predicted octanol–water partition coefficient (Wildman–Crippen LogP) is 3.11. The van der Waals surface area contributed by atoms with Crippen molar-refractivity contribution in [1.82, 2.24) is 4.31 Å². The van der Waals surface area contributed by atoms with Crippen molar-refractivity contribution in [2.75, 3.05) is 43.0 Å². The lowest BCUT2D eigenvalue weighted by molar-refractivity contribution is 0.0729. The molecule has 206 valence electrons. The highest BCUT2D eigenvalue weighted by Crippen LogP contribution is 2.37. The summed E-state index contributed by atoms with van der Waals surface area (Å²) in [7, 11) is -6.46. The summed E-state index contributed by atoms with van der Waals surface area (Å²) in [5.41, 5.74) is 1.92. The van der Waals surface area contributed by atoms with E-state index in [1.165, 1.54) is 58.2 Å². The number of ether oxygens (including phenoxy) is 2. The van der Waals surface area contributed by atoms with Crippen LogP contribution in [-0.4, -0.2) is 66.5 Å². The van der Waals surface area contributed by atoms with Crippen molar-refractivity contribution in [3.8, 4) is 5.75 Å². The van der Waals surface area contributed by atoms with Crippen molar-refractivity contribution in [2.24, 2.45) is 0 Å². The van der Waals surface area contributed by atoms with Gasteiger partial charge in [0.2, 0.25) is 10.0 Å². The van der Waals surface area contributed by atoms with Gasteiger partial charge in [0, 0.05) is 30.4 Å². The van der Waals surface area contributed by atoms with Crippen molar-refractivity contribution in [1.29, 1.82) is 0 Å². The van der Waals surface area contributed by atoms with E-state index >= 15 is 0 Å². The molecule has 39 heavy (non-hydrogen) atoms. The summed E-state index contributed by atoms with van der Waals surface area (Å²) in [4.78, 5) is 13.1. The zero-order valence-corrected chi connectivity index (χ0v) is 23.2. The second kappa shape index (κ2) is 10.6. The largest absolute Gasteiger partial charge is 0.495 e. The molecule has 5 rings (SSSR count). The first-order valence-corrected chi connectivity index (χ1v) is 15.3. The summed E-state index contributed by atoms with van der Waals surface area (Å²) in [6, 6.07) is 17.2. The molecule has 0 radical (unpaired) electrons. The molecule has 0 saturated carbocycles. The summed E-state index contributed by atoms with van der Waals surface area (Å²) >= 11 is 0. The number of para-hydroxylation sites is 1. The molecule has 1 fully saturated rings. The zero-order valence-electron chi connectivity index (χ0n) is 21.5. The first-order valence-electron chi connectivity index (χ1n) is 12.4. The van der Waals surface area contributed by atoms with Gasteiger partial charge >= 0.3 is 0 Å². The molecule has 1 saturated heterocycles. The molecule has 2 heterocycles. The van der Waals surface area contributed by atoms with Crippen LogP contribution >= 0.6 is 0 Å². The summed E-state index contributed by atoms with van der Waals surface area (Å²) in [5, 5.41) is 2.69. The fraction of sp³-hybridized carbons (Fsp3) is 0.296. The van der Waals surface area contributed by atoms with E-state index in [-0.39, 0.29) is 45.9 Å². The molecule has 3 aromatic carbocycles. The van der Waals surface area contributed by atoms with E-state index in [1.54, 1.807) is 12.1 Å². The molecule has 0 aliphatic carbocycles. The number of sulfonamides is 2. The molecule has 0 spiro atoms. The molecule has 2 aliphatic heterocycles. The molecule has 1 amide bonds. The Morgan fingerprint density at radius 1 is 0.949 bits per heavy atom. The average Bonchev–Trinajstić information content (AvgIpc) is 3.30. The molecule has 1 atom stereocenters. The van der Waals surface area contributed by atoms with Crippen LogP contribution in [0.3, 0.4) is 0 Å². The van der Waals surface area contributed by atoms with E-state index in [9.17, 15) is 21.6 Å². The summed E-state index contributed by atoms with van der Waals surface area (Å²) in [5.74, 6) is -0.436. The lowest BCUT2D eigenvalue weighted by Crippen LogP contribution is -2.40. The van der Waals surface area contributed by atoms with Gasteiger partial charge in [-0.25, -0.2) is 16.8 Å². The molecule has 10 nitrogen and oxygen atoms in total. The standard InChI is InChI=1S/C27H29N3O7S2/c1-19-16-20-6-3-4-9-24(20)30(19)38(32,33)23-8-5-7-21(17-23)27(31)28-22-10-11-25(36-2)26(18-22)39(34,35)29-12-14-37-15-13-29/h3-11,17-19H,12-16H2,1-2H3,(H,28,31)/t19-/m0/s1. The number of hydrogen-bond acceptors (Lipinski definition) is 7. The highest BCUT2D eigenvalue weighted by atomic mass is 32.2. The maximum absolute atomic E-state index is 13.6. The number of methoxy groups -OCH3 is 1. The minimum Gasteiger partial charge on any atom is -0.495 e. The lowest BCUT2D eigenvalue weighted by Gasteiger charge is -2.26. The maximum Gasteiger partial charge on any atom is 0.264 e. The maximum atomic E-state index is 13.6. The number of amides is 1. The van der Waals surface area contributed by atoms with Crippen LogP contribution in [-0.2, 0) is 31.2 Å². The first-order chi connectivity index (χ1) is 18.6. The third-order valence-corrected chi connectivity index (χ3v) is 10.7. The van der Waals surface area contributed by atoms with Gasteiger partial charge in [0.15, 0.2) is 0 Å². The van der Waals surface area contributed by atoms with Crippen LogP contribution in [0.15, 0.2) is 76.5 Å². The van der Waals surface area contributed by atoms with Crippen molar-refractivity contribution in [3.05, 3.63) is 77.9 Å². The number of morpholine rings is 1. The quantitative estimate of drug-likeness (QED) is 0.462. The van der Waals surface area contributed by atoms with Gasteiger partial charge in [0.05, 0.1) is 30.9 Å². The third kappa shape index (κ3) is 5.12. The van der Waals surface area contributed by atoms with Gasteiger partial charge in [-0.05, 0) is 61.4 Å². The van der Waals surface area contributed by atoms with Crippen molar-refractivity contribution < 1.29 is 31.1 Å². The Bertz CT molecular complexity index is 1620. The van der Waals surface area contributed by atoms with Crippen LogP contribution in [0.2, 0.25) is 0 Å². The number of fused-ring (bicyclic) bond motifs is 1. The highest BCUT2D eigenvalue weighted by molar-refractivity contribution is 7.93. The Morgan fingerprint density at radius 3 is 2.44 bits per heavy atom. The lowest BCUT2D eigenvalue weighted by atomic mass is 10.1. The Labute approximate surface area is 228 Å². The molecule has 12 heteroatoms. The Kier molecular flexibility index (Phi) is 7.38. The Morgan fingerprint density at radius 2 is 1.69 bits per heavy atom. The second-order valence-electron chi connectivity index (χ2n) is 9.35. The summed E-state index contributed by atoms with van der Waals surface area (Å²) in [6.45, 7) is 2.85. The Balaban J connectivity index is 1.41. The fourth-order valence-corrected chi connectivity index (χ4v) is 8.23. The predicted molar refractivity (Wildman–Crippen MR) is 146 cm³/mol. The van der Waals surface area contributed by atoms with E-state index in [0.717, 1.165) is 5.56 Å². The van der Waals surface area contributed by atoms with Gasteiger partial charge in [-0.15, -0.1) is 0 Å². The van der Waals surface area contributed by atoms with Crippen molar-refractivity contribution in [2.45, 2.75) is 29.2 Å². The van der Waals surface area contributed by atoms with Crippen LogP contribution in [0.4, 0.5) is 11.4 Å². The normalized spacial score (nSPS) is 18.0. The van der Waals surface area contributed by atoms with Crippen molar-refractivity contribution in [3.63, 3.8) is 0 Å². The smallest absolute Gasteiger partial charge is 0.264 e. The van der Waals surface area contributed by atoms with Gasteiger partial charge in [0.25, 0.3) is 15.9 Å². The number of rotatable bonds is 7. The van der Waals surface area contributed by atoms with Gasteiger partial charge in [0.1, 0.15) is 10.6 Å². The van der Waals surface area contributed by atoms with Crippen molar-refractivity contribution >= 4 is 37.3 Å². The minimum absolute atomic E-state index is 0.0102. The molecular weight excluding hydrogens is 542 g/mol. The topological polar surface area (TPSA) is 122 Å². The molecule has 1 N–H and O–H groups in total. The fourth-order valence-electron chi connectivity index (χ4n) is 4.90.